The highest BCUT2D eigenvalue weighted by Crippen LogP contribution is 2.29. The van der Waals surface area contributed by atoms with Crippen LogP contribution in [0.5, 0.6) is 0 Å². The summed E-state index contributed by atoms with van der Waals surface area (Å²) in [6.45, 7) is 0. The van der Waals surface area contributed by atoms with Gasteiger partial charge in [0.2, 0.25) is 5.89 Å². The second-order valence-electron chi connectivity index (χ2n) is 3.47. The van der Waals surface area contributed by atoms with Crippen molar-refractivity contribution in [2.45, 2.75) is 16.4 Å². The van der Waals surface area contributed by atoms with E-state index in [1.54, 1.807) is 11.8 Å². The van der Waals surface area contributed by atoms with Gasteiger partial charge in [-0.25, -0.2) is 0 Å². The summed E-state index contributed by atoms with van der Waals surface area (Å²) in [4.78, 5) is 5.43. The number of aromatic nitrogens is 2. The van der Waals surface area contributed by atoms with Crippen molar-refractivity contribution < 1.29 is 4.52 Å². The van der Waals surface area contributed by atoms with Crippen molar-refractivity contribution in [1.82, 2.24) is 10.1 Å². The highest BCUT2D eigenvalue weighted by Gasteiger charge is 2.07. The van der Waals surface area contributed by atoms with Gasteiger partial charge in [-0.15, -0.1) is 23.5 Å². The summed E-state index contributed by atoms with van der Waals surface area (Å²) in [5.74, 6) is 2.93. The lowest BCUT2D eigenvalue weighted by atomic mass is 10.4. The maximum Gasteiger partial charge on any atom is 0.236 e. The van der Waals surface area contributed by atoms with Crippen LogP contribution in [0.25, 0.3) is 0 Å². The number of benzene rings is 1. The van der Waals surface area contributed by atoms with E-state index in [4.69, 9.17) is 9.78 Å². The molecule has 0 unspecified atom stereocenters. The van der Waals surface area contributed by atoms with Gasteiger partial charge in [-0.1, -0.05) is 17.3 Å². The molecule has 2 rings (SSSR count). The zero-order valence-corrected chi connectivity index (χ0v) is 13.1. The molecule has 7 heteroatoms. The molecule has 4 nitrogen and oxygen atoms in total. The fourth-order valence-electron chi connectivity index (χ4n) is 1.30. The van der Waals surface area contributed by atoms with Crippen LogP contribution < -0.4 is 0 Å². The van der Waals surface area contributed by atoms with Crippen LogP contribution in [0.2, 0.25) is 0 Å². The SMILES string of the molecule is N#CCSCc1nc(CSc2ccccc2Br)no1. The molecule has 0 aliphatic carbocycles. The van der Waals surface area contributed by atoms with E-state index in [0.29, 0.717) is 29.0 Å². The maximum absolute atomic E-state index is 8.44. The summed E-state index contributed by atoms with van der Waals surface area (Å²) in [6.07, 6.45) is 0. The first-order chi connectivity index (χ1) is 9.29. The van der Waals surface area contributed by atoms with Gasteiger partial charge in [0.1, 0.15) is 0 Å². The molecular weight excluding hydrogens is 346 g/mol. The van der Waals surface area contributed by atoms with Gasteiger partial charge in [0, 0.05) is 9.37 Å². The summed E-state index contributed by atoms with van der Waals surface area (Å²) < 4.78 is 6.18. The van der Waals surface area contributed by atoms with Gasteiger partial charge in [0.15, 0.2) is 5.82 Å². The van der Waals surface area contributed by atoms with Crippen LogP contribution in [0, 0.1) is 11.3 Å². The minimum absolute atomic E-state index is 0.434. The molecule has 0 saturated heterocycles. The van der Waals surface area contributed by atoms with Crippen LogP contribution >= 0.6 is 39.5 Å². The van der Waals surface area contributed by atoms with Gasteiger partial charge < -0.3 is 4.52 Å². The van der Waals surface area contributed by atoms with Crippen molar-refractivity contribution in [2.75, 3.05) is 5.75 Å². The van der Waals surface area contributed by atoms with Crippen LogP contribution in [0.4, 0.5) is 0 Å². The van der Waals surface area contributed by atoms with Crippen LogP contribution in [-0.4, -0.2) is 15.9 Å². The van der Waals surface area contributed by atoms with Gasteiger partial charge >= 0.3 is 0 Å². The van der Waals surface area contributed by atoms with E-state index in [0.717, 1.165) is 9.37 Å². The van der Waals surface area contributed by atoms with Gasteiger partial charge in [0.05, 0.1) is 23.3 Å². The molecule has 1 heterocycles. The summed E-state index contributed by atoms with van der Waals surface area (Å²) in [7, 11) is 0. The number of nitrogens with zero attached hydrogens (tertiary/aromatic N) is 3. The summed E-state index contributed by atoms with van der Waals surface area (Å²) in [5.41, 5.74) is 0. The minimum atomic E-state index is 0.434. The molecule has 0 radical (unpaired) electrons. The lowest BCUT2D eigenvalue weighted by Crippen LogP contribution is -1.86. The number of hydrogen-bond acceptors (Lipinski definition) is 6. The molecule has 1 aromatic heterocycles. The van der Waals surface area contributed by atoms with Crippen LogP contribution in [0.3, 0.4) is 0 Å². The minimum Gasteiger partial charge on any atom is -0.338 e. The van der Waals surface area contributed by atoms with Crippen molar-refractivity contribution >= 4 is 39.5 Å². The molecule has 0 amide bonds. The van der Waals surface area contributed by atoms with E-state index in [2.05, 4.69) is 32.1 Å². The highest BCUT2D eigenvalue weighted by molar-refractivity contribution is 9.10. The molecule has 0 spiro atoms. The maximum atomic E-state index is 8.44. The third-order valence-corrected chi connectivity index (χ3v) is 4.90. The number of thioether (sulfide) groups is 2. The molecule has 0 N–H and O–H groups in total. The monoisotopic (exact) mass is 355 g/mol. The van der Waals surface area contributed by atoms with Crippen molar-refractivity contribution in [1.29, 1.82) is 5.26 Å². The second kappa shape index (κ2) is 7.58. The first-order valence-corrected chi connectivity index (χ1v) is 8.36. The third kappa shape index (κ3) is 4.56. The summed E-state index contributed by atoms with van der Waals surface area (Å²) >= 11 is 6.61. The molecule has 19 heavy (non-hydrogen) atoms. The smallest absolute Gasteiger partial charge is 0.236 e. The van der Waals surface area contributed by atoms with Gasteiger partial charge in [-0.2, -0.15) is 10.2 Å². The number of hydrogen-bond donors (Lipinski definition) is 0. The first kappa shape index (κ1) is 14.4. The Bertz CT molecular complexity index is 582. The molecule has 0 aliphatic rings. The van der Waals surface area contributed by atoms with E-state index in [1.165, 1.54) is 11.8 Å². The Balaban J connectivity index is 1.87. The molecule has 0 atom stereocenters. The number of rotatable bonds is 6. The lowest BCUT2D eigenvalue weighted by molar-refractivity contribution is 0.386. The Morgan fingerprint density at radius 2 is 2.16 bits per heavy atom. The van der Waals surface area contributed by atoms with Crippen LogP contribution in [0.15, 0.2) is 38.2 Å². The zero-order valence-electron chi connectivity index (χ0n) is 9.88. The topological polar surface area (TPSA) is 62.7 Å². The van der Waals surface area contributed by atoms with Gasteiger partial charge in [0.25, 0.3) is 0 Å². The predicted molar refractivity (Wildman–Crippen MR) is 79.8 cm³/mol. The molecule has 0 aliphatic heterocycles. The fourth-order valence-corrected chi connectivity index (χ4v) is 3.19. The Hall–Kier alpha value is -0.970. The molecule has 0 saturated carbocycles. The Morgan fingerprint density at radius 3 is 2.95 bits per heavy atom. The van der Waals surface area contributed by atoms with E-state index in [9.17, 15) is 0 Å². The standard InChI is InChI=1S/C12H10BrN3OS2/c13-9-3-1-2-4-10(9)19-7-11-15-12(17-16-11)8-18-6-5-14/h1-4H,6-8H2. The van der Waals surface area contributed by atoms with Gasteiger partial charge in [-0.3, -0.25) is 0 Å². The van der Waals surface area contributed by atoms with Crippen LogP contribution in [-0.2, 0) is 11.5 Å². The van der Waals surface area contributed by atoms with E-state index in [1.807, 2.05) is 24.3 Å². The lowest BCUT2D eigenvalue weighted by Gasteiger charge is -2.00. The van der Waals surface area contributed by atoms with Crippen molar-refractivity contribution in [2.24, 2.45) is 0 Å². The molecule has 1 aromatic carbocycles. The summed E-state index contributed by atoms with van der Waals surface area (Å²) in [6, 6.07) is 10.1. The Kier molecular flexibility index (Phi) is 5.76. The quantitative estimate of drug-likeness (QED) is 0.578. The molecule has 98 valence electrons. The molecular formula is C12H10BrN3OS2. The van der Waals surface area contributed by atoms with Crippen LogP contribution in [0.1, 0.15) is 11.7 Å². The average Bonchev–Trinajstić information content (AvgIpc) is 2.86. The van der Waals surface area contributed by atoms with Crippen molar-refractivity contribution in [3.63, 3.8) is 0 Å². The predicted octanol–water partition coefficient (Wildman–Crippen LogP) is 3.88. The fraction of sp³-hybridized carbons (Fsp3) is 0.250. The highest BCUT2D eigenvalue weighted by atomic mass is 79.9. The summed E-state index contributed by atoms with van der Waals surface area (Å²) in [5, 5.41) is 12.4. The van der Waals surface area contributed by atoms with Crippen molar-refractivity contribution in [3.05, 3.63) is 40.5 Å². The Labute approximate surface area is 128 Å². The first-order valence-electron chi connectivity index (χ1n) is 5.43. The van der Waals surface area contributed by atoms with E-state index >= 15 is 0 Å². The van der Waals surface area contributed by atoms with E-state index < -0.39 is 0 Å². The normalized spacial score (nSPS) is 10.3. The van der Waals surface area contributed by atoms with Crippen molar-refractivity contribution in [3.8, 4) is 6.07 Å². The number of halogens is 1. The Morgan fingerprint density at radius 1 is 1.32 bits per heavy atom. The molecule has 2 aromatic rings. The molecule has 0 bridgehead atoms. The largest absolute Gasteiger partial charge is 0.338 e. The zero-order chi connectivity index (χ0) is 13.5. The number of nitriles is 1. The van der Waals surface area contributed by atoms with Gasteiger partial charge in [-0.05, 0) is 28.1 Å². The second-order valence-corrected chi connectivity index (χ2v) is 6.33. The van der Waals surface area contributed by atoms with E-state index in [-0.39, 0.29) is 0 Å². The third-order valence-electron chi connectivity index (χ3n) is 2.10. The molecule has 0 fully saturated rings. The average molecular weight is 356 g/mol.